The first-order valence-electron chi connectivity index (χ1n) is 8.68. The standard InChI is InChI=1S/C18H22N2O5/c1-19(13-5-3-2-4-6-13)18(22)15-11-16(21)25-17(15)12-7-9-14(10-8-12)20(23)24/h7-10,13,15,17H,2-6,11H2,1H3/t15-,17?/m0/s1. The molecule has 1 aliphatic heterocycles. The summed E-state index contributed by atoms with van der Waals surface area (Å²) in [5.74, 6) is -1.05. The molecule has 7 heteroatoms. The Morgan fingerprint density at radius 1 is 1.20 bits per heavy atom. The maximum Gasteiger partial charge on any atom is 0.307 e. The zero-order chi connectivity index (χ0) is 18.0. The minimum Gasteiger partial charge on any atom is -0.457 e. The Bertz CT molecular complexity index is 667. The van der Waals surface area contributed by atoms with Crippen LogP contribution in [0, 0.1) is 16.0 Å². The molecule has 0 spiro atoms. The molecule has 1 aliphatic carbocycles. The SMILES string of the molecule is CN(C(=O)[C@H]1CC(=O)OC1c1ccc([N+](=O)[O-])cc1)C1CCCCC1. The summed E-state index contributed by atoms with van der Waals surface area (Å²) in [6.07, 6.45) is 4.80. The number of carbonyl (C=O) groups is 2. The highest BCUT2D eigenvalue weighted by Crippen LogP contribution is 2.38. The summed E-state index contributed by atoms with van der Waals surface area (Å²) in [5, 5.41) is 10.8. The molecule has 3 rings (SSSR count). The molecule has 2 atom stereocenters. The van der Waals surface area contributed by atoms with E-state index in [2.05, 4.69) is 0 Å². The highest BCUT2D eigenvalue weighted by molar-refractivity contribution is 5.87. The molecule has 0 N–H and O–H groups in total. The minimum atomic E-state index is -0.674. The van der Waals surface area contributed by atoms with Crippen LogP contribution in [0.4, 0.5) is 5.69 Å². The van der Waals surface area contributed by atoms with Gasteiger partial charge in [-0.05, 0) is 30.5 Å². The molecule has 1 aromatic rings. The van der Waals surface area contributed by atoms with Crippen LogP contribution in [-0.4, -0.2) is 34.8 Å². The van der Waals surface area contributed by atoms with Gasteiger partial charge in [-0.1, -0.05) is 19.3 Å². The minimum absolute atomic E-state index is 0.0322. The zero-order valence-electron chi connectivity index (χ0n) is 14.2. The quantitative estimate of drug-likeness (QED) is 0.475. The largest absolute Gasteiger partial charge is 0.457 e. The van der Waals surface area contributed by atoms with E-state index in [9.17, 15) is 19.7 Å². The Morgan fingerprint density at radius 2 is 1.84 bits per heavy atom. The molecule has 0 aromatic heterocycles. The van der Waals surface area contributed by atoms with Crippen molar-refractivity contribution < 1.29 is 19.2 Å². The first-order valence-corrected chi connectivity index (χ1v) is 8.68. The van der Waals surface area contributed by atoms with Gasteiger partial charge in [0, 0.05) is 25.2 Å². The van der Waals surface area contributed by atoms with Crippen molar-refractivity contribution in [3.8, 4) is 0 Å². The number of nitrogens with zero attached hydrogens (tertiary/aromatic N) is 2. The summed E-state index contributed by atoms with van der Waals surface area (Å²) in [4.78, 5) is 36.8. The predicted octanol–water partition coefficient (Wildman–Crippen LogP) is 2.99. The van der Waals surface area contributed by atoms with Gasteiger partial charge in [0.25, 0.3) is 5.69 Å². The van der Waals surface area contributed by atoms with Crippen LogP contribution in [-0.2, 0) is 14.3 Å². The molecule has 1 saturated carbocycles. The van der Waals surface area contributed by atoms with Crippen molar-refractivity contribution in [2.75, 3.05) is 7.05 Å². The van der Waals surface area contributed by atoms with Crippen molar-refractivity contribution in [2.24, 2.45) is 5.92 Å². The second-order valence-electron chi connectivity index (χ2n) is 6.81. The molecule has 0 radical (unpaired) electrons. The van der Waals surface area contributed by atoms with E-state index in [0.717, 1.165) is 25.7 Å². The Morgan fingerprint density at radius 3 is 2.44 bits per heavy atom. The second kappa shape index (κ2) is 7.21. The summed E-state index contributed by atoms with van der Waals surface area (Å²) >= 11 is 0. The number of non-ortho nitro benzene ring substituents is 1. The first kappa shape index (κ1) is 17.4. The van der Waals surface area contributed by atoms with Crippen molar-refractivity contribution in [3.63, 3.8) is 0 Å². The number of nitro groups is 1. The average Bonchev–Trinajstić information content (AvgIpc) is 3.03. The molecule has 2 aliphatic rings. The van der Waals surface area contributed by atoms with Gasteiger partial charge in [0.2, 0.25) is 5.91 Å². The van der Waals surface area contributed by atoms with Crippen molar-refractivity contribution in [1.29, 1.82) is 0 Å². The van der Waals surface area contributed by atoms with Crippen molar-refractivity contribution >= 4 is 17.6 Å². The van der Waals surface area contributed by atoms with Gasteiger partial charge in [0.05, 0.1) is 17.3 Å². The van der Waals surface area contributed by atoms with Gasteiger partial charge < -0.3 is 9.64 Å². The Hall–Kier alpha value is -2.44. The number of esters is 1. The number of benzene rings is 1. The third-order valence-electron chi connectivity index (χ3n) is 5.23. The summed E-state index contributed by atoms with van der Waals surface area (Å²) in [6, 6.07) is 6.07. The van der Waals surface area contributed by atoms with E-state index in [1.54, 1.807) is 24.1 Å². The van der Waals surface area contributed by atoms with Crippen LogP contribution in [0.2, 0.25) is 0 Å². The van der Waals surface area contributed by atoms with E-state index in [1.165, 1.54) is 18.6 Å². The molecule has 1 heterocycles. The number of cyclic esters (lactones) is 1. The summed E-state index contributed by atoms with van der Waals surface area (Å²) in [6.45, 7) is 0. The Balaban J connectivity index is 1.77. The highest BCUT2D eigenvalue weighted by atomic mass is 16.6. The average molecular weight is 346 g/mol. The monoisotopic (exact) mass is 346 g/mol. The van der Waals surface area contributed by atoms with Crippen LogP contribution in [0.5, 0.6) is 0 Å². The number of hydrogen-bond acceptors (Lipinski definition) is 5. The summed E-state index contributed by atoms with van der Waals surface area (Å²) in [7, 11) is 1.80. The van der Waals surface area contributed by atoms with E-state index in [4.69, 9.17) is 4.74 Å². The third kappa shape index (κ3) is 3.65. The lowest BCUT2D eigenvalue weighted by Crippen LogP contribution is -2.42. The van der Waals surface area contributed by atoms with E-state index >= 15 is 0 Å². The topological polar surface area (TPSA) is 89.8 Å². The third-order valence-corrected chi connectivity index (χ3v) is 5.23. The molecule has 7 nitrogen and oxygen atoms in total. The molecule has 1 saturated heterocycles. The number of hydrogen-bond donors (Lipinski definition) is 0. The molecule has 25 heavy (non-hydrogen) atoms. The van der Waals surface area contributed by atoms with Gasteiger partial charge in [-0.15, -0.1) is 0 Å². The molecule has 1 unspecified atom stereocenters. The van der Waals surface area contributed by atoms with Crippen molar-refractivity contribution in [2.45, 2.75) is 50.7 Å². The number of rotatable bonds is 4. The maximum absolute atomic E-state index is 12.9. The second-order valence-corrected chi connectivity index (χ2v) is 6.81. The molecule has 134 valence electrons. The first-order chi connectivity index (χ1) is 12.0. The molecule has 0 bridgehead atoms. The van der Waals surface area contributed by atoms with Gasteiger partial charge >= 0.3 is 5.97 Å². The maximum atomic E-state index is 12.9. The van der Waals surface area contributed by atoms with E-state index in [1.807, 2.05) is 0 Å². The zero-order valence-corrected chi connectivity index (χ0v) is 14.2. The molecule has 1 amide bonds. The highest BCUT2D eigenvalue weighted by Gasteiger charge is 2.43. The van der Waals surface area contributed by atoms with E-state index < -0.39 is 22.9 Å². The number of ether oxygens (including phenoxy) is 1. The lowest BCUT2D eigenvalue weighted by Gasteiger charge is -2.33. The smallest absolute Gasteiger partial charge is 0.307 e. The number of amides is 1. The molecular weight excluding hydrogens is 324 g/mol. The Kier molecular flexibility index (Phi) is 5.01. The lowest BCUT2D eigenvalue weighted by molar-refractivity contribution is -0.384. The number of nitro benzene ring substituents is 1. The van der Waals surface area contributed by atoms with Crippen LogP contribution in [0.3, 0.4) is 0 Å². The van der Waals surface area contributed by atoms with Crippen molar-refractivity contribution in [3.05, 3.63) is 39.9 Å². The van der Waals surface area contributed by atoms with Gasteiger partial charge in [0.1, 0.15) is 6.10 Å². The lowest BCUT2D eigenvalue weighted by atomic mass is 9.90. The van der Waals surface area contributed by atoms with Crippen LogP contribution >= 0.6 is 0 Å². The fraction of sp³-hybridized carbons (Fsp3) is 0.556. The van der Waals surface area contributed by atoms with Crippen LogP contribution in [0.15, 0.2) is 24.3 Å². The molecular formula is C18H22N2O5. The van der Waals surface area contributed by atoms with Crippen LogP contribution < -0.4 is 0 Å². The van der Waals surface area contributed by atoms with Gasteiger partial charge in [-0.2, -0.15) is 0 Å². The molecule has 1 aromatic carbocycles. The molecule has 2 fully saturated rings. The van der Waals surface area contributed by atoms with Gasteiger partial charge in [-0.3, -0.25) is 19.7 Å². The van der Waals surface area contributed by atoms with Crippen LogP contribution in [0.25, 0.3) is 0 Å². The van der Waals surface area contributed by atoms with Gasteiger partial charge in [0.15, 0.2) is 0 Å². The normalized spacial score (nSPS) is 24.0. The van der Waals surface area contributed by atoms with E-state index in [-0.39, 0.29) is 24.1 Å². The fourth-order valence-corrected chi connectivity index (χ4v) is 3.77. The summed E-state index contributed by atoms with van der Waals surface area (Å²) < 4.78 is 5.36. The predicted molar refractivity (Wildman–Crippen MR) is 89.7 cm³/mol. The van der Waals surface area contributed by atoms with Crippen LogP contribution in [0.1, 0.15) is 50.2 Å². The fourth-order valence-electron chi connectivity index (χ4n) is 3.77. The van der Waals surface area contributed by atoms with Crippen molar-refractivity contribution in [1.82, 2.24) is 4.90 Å². The Labute approximate surface area is 146 Å². The van der Waals surface area contributed by atoms with E-state index in [0.29, 0.717) is 5.56 Å². The number of carbonyl (C=O) groups excluding carboxylic acids is 2. The summed E-state index contributed by atoms with van der Waals surface area (Å²) in [5.41, 5.74) is 0.585. The van der Waals surface area contributed by atoms with Gasteiger partial charge in [-0.25, -0.2) is 0 Å².